The number of aliphatic imine (C=N–C) groups is 1. The fourth-order valence-corrected chi connectivity index (χ4v) is 6.74. The van der Waals surface area contributed by atoms with Gasteiger partial charge in [-0.05, 0) is 90.9 Å². The SMILES string of the molecule is CCc1ccc(C)c(C2C=C3C(=CC2CC)NC(=O)/C3=C\C2=C(C)C(C(C=NC3COC3)=CN)=C(C)C(C)C2C)c1. The summed E-state index contributed by atoms with van der Waals surface area (Å²) in [6, 6.07) is 7.03. The summed E-state index contributed by atoms with van der Waals surface area (Å²) >= 11 is 0. The van der Waals surface area contributed by atoms with E-state index < -0.39 is 0 Å². The molecular formula is C36H45N3O2. The molecule has 0 aromatic heterocycles. The molecule has 1 amide bonds. The van der Waals surface area contributed by atoms with Gasteiger partial charge in [-0.15, -0.1) is 0 Å². The molecule has 2 heterocycles. The van der Waals surface area contributed by atoms with E-state index in [0.717, 1.165) is 46.4 Å². The second kappa shape index (κ2) is 11.8. The van der Waals surface area contributed by atoms with Crippen molar-refractivity contribution in [2.75, 3.05) is 13.2 Å². The number of carbonyl (C=O) groups is 1. The quantitative estimate of drug-likeness (QED) is 0.290. The molecule has 4 unspecified atom stereocenters. The van der Waals surface area contributed by atoms with Gasteiger partial charge in [-0.2, -0.15) is 0 Å². The van der Waals surface area contributed by atoms with Crippen LogP contribution in [0.3, 0.4) is 0 Å². The van der Waals surface area contributed by atoms with Crippen LogP contribution in [-0.2, 0) is 16.0 Å². The van der Waals surface area contributed by atoms with Gasteiger partial charge in [0.2, 0.25) is 0 Å². The summed E-state index contributed by atoms with van der Waals surface area (Å²) in [4.78, 5) is 18.2. The van der Waals surface area contributed by atoms with E-state index in [4.69, 9.17) is 15.5 Å². The van der Waals surface area contributed by atoms with Crippen molar-refractivity contribution >= 4 is 12.1 Å². The third kappa shape index (κ3) is 5.32. The largest absolute Gasteiger partial charge is 0.404 e. The van der Waals surface area contributed by atoms with Crippen molar-refractivity contribution in [1.82, 2.24) is 5.32 Å². The first-order valence-electron chi connectivity index (χ1n) is 15.2. The monoisotopic (exact) mass is 551 g/mol. The van der Waals surface area contributed by atoms with Crippen molar-refractivity contribution in [1.29, 1.82) is 0 Å². The normalized spacial score (nSPS) is 28.2. The molecule has 3 N–H and O–H groups in total. The number of nitrogens with one attached hydrogen (secondary N) is 1. The molecule has 2 aliphatic heterocycles. The molecule has 2 fully saturated rings. The summed E-state index contributed by atoms with van der Waals surface area (Å²) in [6.07, 6.45) is 12.4. The van der Waals surface area contributed by atoms with E-state index in [0.29, 0.717) is 25.0 Å². The molecule has 4 aliphatic rings. The molecule has 5 rings (SSSR count). The summed E-state index contributed by atoms with van der Waals surface area (Å²) in [7, 11) is 0. The molecule has 216 valence electrons. The Labute approximate surface area is 245 Å². The maximum Gasteiger partial charge on any atom is 0.256 e. The highest BCUT2D eigenvalue weighted by atomic mass is 16.5. The van der Waals surface area contributed by atoms with Gasteiger partial charge in [-0.1, -0.05) is 63.6 Å². The molecular weight excluding hydrogens is 506 g/mol. The number of nitrogens with zero attached hydrogens (tertiary/aromatic N) is 1. The minimum atomic E-state index is -0.0221. The van der Waals surface area contributed by atoms with Crippen LogP contribution in [-0.4, -0.2) is 31.4 Å². The summed E-state index contributed by atoms with van der Waals surface area (Å²) < 4.78 is 5.29. The van der Waals surface area contributed by atoms with Crippen molar-refractivity contribution in [2.45, 2.75) is 73.3 Å². The molecule has 0 saturated carbocycles. The Bertz CT molecular complexity index is 1460. The van der Waals surface area contributed by atoms with Gasteiger partial charge in [-0.25, -0.2) is 0 Å². The van der Waals surface area contributed by atoms with Gasteiger partial charge in [0, 0.05) is 40.7 Å². The van der Waals surface area contributed by atoms with E-state index >= 15 is 0 Å². The van der Waals surface area contributed by atoms with E-state index in [1.807, 2.05) is 6.21 Å². The topological polar surface area (TPSA) is 76.7 Å². The van der Waals surface area contributed by atoms with E-state index in [1.165, 1.54) is 27.8 Å². The molecule has 1 aromatic rings. The average Bonchev–Trinajstić information content (AvgIpc) is 3.25. The van der Waals surface area contributed by atoms with Crippen LogP contribution in [0.4, 0.5) is 0 Å². The van der Waals surface area contributed by atoms with Gasteiger partial charge < -0.3 is 15.8 Å². The van der Waals surface area contributed by atoms with Gasteiger partial charge in [0.1, 0.15) is 0 Å². The van der Waals surface area contributed by atoms with E-state index in [1.54, 1.807) is 6.20 Å². The molecule has 0 spiro atoms. The van der Waals surface area contributed by atoms with Crippen LogP contribution >= 0.6 is 0 Å². The number of rotatable bonds is 7. The highest BCUT2D eigenvalue weighted by Crippen LogP contribution is 2.45. The lowest BCUT2D eigenvalue weighted by Crippen LogP contribution is -2.31. The van der Waals surface area contributed by atoms with Crippen LogP contribution in [0, 0.1) is 24.7 Å². The maximum absolute atomic E-state index is 13.5. The van der Waals surface area contributed by atoms with E-state index in [2.05, 4.69) is 90.2 Å². The molecule has 4 atom stereocenters. The summed E-state index contributed by atoms with van der Waals surface area (Å²) in [5, 5.41) is 3.20. The van der Waals surface area contributed by atoms with Gasteiger partial charge in [-0.3, -0.25) is 9.79 Å². The fraction of sp³-hybridized carbons (Fsp3) is 0.444. The molecule has 2 saturated heterocycles. The first-order chi connectivity index (χ1) is 19.7. The zero-order valence-electron chi connectivity index (χ0n) is 25.7. The average molecular weight is 552 g/mol. The molecule has 2 aliphatic carbocycles. The predicted octanol–water partition coefficient (Wildman–Crippen LogP) is 6.78. The van der Waals surface area contributed by atoms with E-state index in [-0.39, 0.29) is 23.8 Å². The number of hydrogen-bond donors (Lipinski definition) is 2. The summed E-state index contributed by atoms with van der Waals surface area (Å²) in [6.45, 7) is 16.8. The number of hydrogen-bond acceptors (Lipinski definition) is 4. The number of amides is 1. The van der Waals surface area contributed by atoms with Crippen molar-refractivity contribution in [3.63, 3.8) is 0 Å². The fourth-order valence-electron chi connectivity index (χ4n) is 6.74. The van der Waals surface area contributed by atoms with Crippen molar-refractivity contribution in [3.8, 4) is 0 Å². The second-order valence-electron chi connectivity index (χ2n) is 12.1. The lowest BCUT2D eigenvalue weighted by molar-refractivity contribution is -0.115. The first-order valence-corrected chi connectivity index (χ1v) is 15.2. The van der Waals surface area contributed by atoms with Crippen LogP contribution in [0.25, 0.3) is 0 Å². The molecule has 5 nitrogen and oxygen atoms in total. The van der Waals surface area contributed by atoms with Crippen LogP contribution in [0.1, 0.15) is 70.6 Å². The van der Waals surface area contributed by atoms with E-state index in [9.17, 15) is 4.79 Å². The highest BCUT2D eigenvalue weighted by Gasteiger charge is 2.36. The number of carbonyl (C=O) groups excluding carboxylic acids is 1. The van der Waals surface area contributed by atoms with Gasteiger partial charge in [0.25, 0.3) is 5.91 Å². The molecule has 1 aromatic carbocycles. The van der Waals surface area contributed by atoms with Gasteiger partial charge >= 0.3 is 0 Å². The Balaban J connectivity index is 1.59. The third-order valence-corrected chi connectivity index (χ3v) is 9.78. The van der Waals surface area contributed by atoms with Crippen molar-refractivity contribution < 1.29 is 9.53 Å². The van der Waals surface area contributed by atoms with Crippen LogP contribution in [0.2, 0.25) is 0 Å². The molecule has 0 radical (unpaired) electrons. The Morgan fingerprint density at radius 3 is 2.51 bits per heavy atom. The number of benzene rings is 1. The maximum atomic E-state index is 13.5. The zero-order valence-corrected chi connectivity index (χ0v) is 25.7. The van der Waals surface area contributed by atoms with Crippen molar-refractivity contribution in [3.05, 3.63) is 104 Å². The number of aryl methyl sites for hydroxylation is 2. The van der Waals surface area contributed by atoms with Crippen molar-refractivity contribution in [2.24, 2.45) is 28.5 Å². The number of ether oxygens (including phenoxy) is 1. The molecule has 41 heavy (non-hydrogen) atoms. The lowest BCUT2D eigenvalue weighted by atomic mass is 9.71. The third-order valence-electron chi connectivity index (χ3n) is 9.78. The number of nitrogens with two attached hydrogens (primary N) is 1. The highest BCUT2D eigenvalue weighted by molar-refractivity contribution is 6.06. The minimum Gasteiger partial charge on any atom is -0.404 e. The second-order valence-corrected chi connectivity index (χ2v) is 12.1. The van der Waals surface area contributed by atoms with Gasteiger partial charge in [0.15, 0.2) is 0 Å². The predicted molar refractivity (Wildman–Crippen MR) is 169 cm³/mol. The standard InChI is InChI=1S/C36H45N3O2/c1-8-25-11-10-20(3)29(12-25)31-15-32-33(36(40)39-34(32)13-26(31)9-2)14-30-22(5)21(4)23(6)35(24(30)7)27(16-37)17-38-28-18-41-19-28/h10-17,21-22,26,28,31H,8-9,18-19,37H2,1-7H3,(H,39,40)/b27-16?,33-14-,38-17?. The Morgan fingerprint density at radius 2 is 1.88 bits per heavy atom. The Hall–Kier alpha value is -3.44. The Morgan fingerprint density at radius 1 is 1.12 bits per heavy atom. The first kappa shape index (κ1) is 29.1. The number of fused-ring (bicyclic) bond motifs is 1. The van der Waals surface area contributed by atoms with Crippen LogP contribution in [0.5, 0.6) is 0 Å². The number of allylic oxidation sites excluding steroid dienone is 9. The lowest BCUT2D eigenvalue weighted by Gasteiger charge is -2.33. The van der Waals surface area contributed by atoms with Crippen LogP contribution < -0.4 is 11.1 Å². The zero-order chi connectivity index (χ0) is 29.4. The summed E-state index contributed by atoms with van der Waals surface area (Å²) in [5.41, 5.74) is 18.6. The van der Waals surface area contributed by atoms with Crippen LogP contribution in [0.15, 0.2) is 92.3 Å². The smallest absolute Gasteiger partial charge is 0.256 e. The minimum absolute atomic E-state index is 0.0221. The summed E-state index contributed by atoms with van der Waals surface area (Å²) in [5.74, 6) is 1.10. The molecule has 5 heteroatoms. The van der Waals surface area contributed by atoms with Gasteiger partial charge in [0.05, 0.1) is 19.3 Å². The Kier molecular flexibility index (Phi) is 8.37. The molecule has 0 bridgehead atoms.